The van der Waals surface area contributed by atoms with Gasteiger partial charge in [0.2, 0.25) is 11.8 Å². The number of halogens is 1. The van der Waals surface area contributed by atoms with Crippen LogP contribution in [0.25, 0.3) is 0 Å². The van der Waals surface area contributed by atoms with Crippen LogP contribution in [0, 0.1) is 5.82 Å². The van der Waals surface area contributed by atoms with Crippen LogP contribution in [0.2, 0.25) is 0 Å². The lowest BCUT2D eigenvalue weighted by Crippen LogP contribution is -2.42. The van der Waals surface area contributed by atoms with E-state index in [0.717, 1.165) is 0 Å². The third-order valence-electron chi connectivity index (χ3n) is 5.41. The zero-order chi connectivity index (χ0) is 22.0. The average molecular weight is 428 g/mol. The maximum atomic E-state index is 14.0. The first-order chi connectivity index (χ1) is 14.9. The number of carbonyl (C=O) groups is 2. The van der Waals surface area contributed by atoms with E-state index in [9.17, 15) is 14.0 Å². The van der Waals surface area contributed by atoms with E-state index in [4.69, 9.17) is 4.74 Å². The Balaban J connectivity index is 1.31. The zero-order valence-corrected chi connectivity index (χ0v) is 17.6. The summed E-state index contributed by atoms with van der Waals surface area (Å²) in [5, 5.41) is 0. The van der Waals surface area contributed by atoms with Crippen molar-refractivity contribution >= 4 is 23.4 Å². The van der Waals surface area contributed by atoms with Gasteiger partial charge in [-0.05, 0) is 12.1 Å². The predicted octanol–water partition coefficient (Wildman–Crippen LogP) is 1.60. The van der Waals surface area contributed by atoms with Crippen molar-refractivity contribution in [3.63, 3.8) is 0 Å². The quantitative estimate of drug-likeness (QED) is 0.695. The summed E-state index contributed by atoms with van der Waals surface area (Å²) < 4.78 is 19.9. The number of ether oxygens (including phenoxy) is 1. The Kier molecular flexibility index (Phi) is 5.88. The van der Waals surface area contributed by atoms with Crippen molar-refractivity contribution in [1.82, 2.24) is 19.8 Å². The highest BCUT2D eigenvalue weighted by Crippen LogP contribution is 2.24. The molecule has 2 fully saturated rings. The first-order valence-corrected chi connectivity index (χ1v) is 10.2. The molecule has 3 amide bonds. The molecule has 1 unspecified atom stereocenters. The van der Waals surface area contributed by atoms with Gasteiger partial charge in [-0.3, -0.25) is 14.7 Å². The predicted molar refractivity (Wildman–Crippen MR) is 113 cm³/mol. The summed E-state index contributed by atoms with van der Waals surface area (Å²) in [6.45, 7) is 1.65. The van der Waals surface area contributed by atoms with Crippen LogP contribution in [0.1, 0.15) is 6.42 Å². The van der Waals surface area contributed by atoms with Crippen LogP contribution in [-0.4, -0.2) is 84.6 Å². The fourth-order valence-corrected chi connectivity index (χ4v) is 3.72. The van der Waals surface area contributed by atoms with Gasteiger partial charge in [-0.25, -0.2) is 9.18 Å². The number of hydrogen-bond donors (Lipinski definition) is 0. The molecule has 0 saturated carbocycles. The molecule has 0 radical (unpaired) electrons. The highest BCUT2D eigenvalue weighted by atomic mass is 19.1. The molecule has 4 rings (SSSR count). The Labute approximate surface area is 180 Å². The molecule has 31 heavy (non-hydrogen) atoms. The van der Waals surface area contributed by atoms with Crippen molar-refractivity contribution in [3.8, 4) is 5.88 Å². The number of carbonyl (C=O) groups excluding carboxylic acids is 2. The molecular weight excluding hydrogens is 403 g/mol. The first-order valence-electron chi connectivity index (χ1n) is 10.2. The van der Waals surface area contributed by atoms with Crippen molar-refractivity contribution in [3.05, 3.63) is 42.5 Å². The molecule has 1 atom stereocenters. The van der Waals surface area contributed by atoms with Gasteiger partial charge >= 0.3 is 6.03 Å². The lowest BCUT2D eigenvalue weighted by atomic mass is 10.3. The average Bonchev–Trinajstić information content (AvgIpc) is 3.36. The minimum atomic E-state index is -0.454. The molecule has 0 spiro atoms. The van der Waals surface area contributed by atoms with E-state index >= 15 is 0 Å². The Morgan fingerprint density at radius 2 is 2.03 bits per heavy atom. The van der Waals surface area contributed by atoms with Gasteiger partial charge in [-0.2, -0.15) is 4.98 Å². The summed E-state index contributed by atoms with van der Waals surface area (Å²) in [4.78, 5) is 40.3. The van der Waals surface area contributed by atoms with Gasteiger partial charge in [0.15, 0.2) is 5.82 Å². The van der Waals surface area contributed by atoms with Crippen molar-refractivity contribution in [2.24, 2.45) is 0 Å². The number of para-hydroxylation sites is 1. The van der Waals surface area contributed by atoms with E-state index < -0.39 is 5.82 Å². The van der Waals surface area contributed by atoms with Crippen molar-refractivity contribution in [1.29, 1.82) is 0 Å². The van der Waals surface area contributed by atoms with E-state index in [1.165, 1.54) is 15.9 Å². The van der Waals surface area contributed by atoms with E-state index in [-0.39, 0.29) is 30.3 Å². The van der Waals surface area contributed by atoms with E-state index in [1.54, 1.807) is 35.5 Å². The largest absolute Gasteiger partial charge is 0.471 e. The molecule has 2 aliphatic heterocycles. The van der Waals surface area contributed by atoms with Crippen LogP contribution >= 0.6 is 0 Å². The number of urea groups is 1. The number of likely N-dealkylation sites (tertiary alicyclic amines) is 1. The number of rotatable bonds is 6. The van der Waals surface area contributed by atoms with Gasteiger partial charge in [-0.15, -0.1) is 0 Å². The van der Waals surface area contributed by atoms with Gasteiger partial charge in [0.05, 0.1) is 24.6 Å². The maximum absolute atomic E-state index is 14.0. The monoisotopic (exact) mass is 428 g/mol. The number of nitrogens with zero attached hydrogens (tertiary/aromatic N) is 6. The smallest absolute Gasteiger partial charge is 0.325 e. The second-order valence-corrected chi connectivity index (χ2v) is 7.79. The Bertz CT molecular complexity index is 972. The minimum absolute atomic E-state index is 0.0353. The molecule has 1 aromatic heterocycles. The second kappa shape index (κ2) is 8.75. The molecule has 2 saturated heterocycles. The van der Waals surface area contributed by atoms with Crippen LogP contribution in [-0.2, 0) is 4.79 Å². The fraction of sp³-hybridized carbons (Fsp3) is 0.429. The molecule has 0 N–H and O–H groups in total. The standard InChI is InChI=1S/C21H25FN6O3/c1-25(2)18-11-23-12-19(24-18)31-15-7-8-26(13-15)20(29)14-27-9-10-28(21(27)30)17-6-4-3-5-16(17)22/h3-6,11-12,15H,7-10,13-14H2,1-2H3. The summed E-state index contributed by atoms with van der Waals surface area (Å²) in [5.41, 5.74) is 0.234. The topological polar surface area (TPSA) is 82.1 Å². The Morgan fingerprint density at radius 1 is 1.23 bits per heavy atom. The molecule has 0 aliphatic carbocycles. The summed E-state index contributed by atoms with van der Waals surface area (Å²) in [6.07, 6.45) is 3.70. The van der Waals surface area contributed by atoms with Gasteiger partial charge in [0, 0.05) is 40.2 Å². The molecule has 9 nitrogen and oxygen atoms in total. The number of hydrogen-bond acceptors (Lipinski definition) is 6. The normalized spacial score (nSPS) is 18.6. The molecule has 10 heteroatoms. The number of anilines is 2. The number of aromatic nitrogens is 2. The molecule has 2 aromatic rings. The lowest BCUT2D eigenvalue weighted by Gasteiger charge is -2.22. The first kappa shape index (κ1) is 20.8. The third kappa shape index (κ3) is 4.52. The van der Waals surface area contributed by atoms with Gasteiger partial charge in [-0.1, -0.05) is 12.1 Å². The van der Waals surface area contributed by atoms with E-state index in [1.807, 2.05) is 19.0 Å². The minimum Gasteiger partial charge on any atom is -0.471 e. The van der Waals surface area contributed by atoms with Gasteiger partial charge in [0.25, 0.3) is 0 Å². The maximum Gasteiger partial charge on any atom is 0.325 e. The summed E-state index contributed by atoms with van der Waals surface area (Å²) in [6, 6.07) is 5.78. The van der Waals surface area contributed by atoms with Crippen LogP contribution < -0.4 is 14.5 Å². The number of benzene rings is 1. The molecule has 1 aromatic carbocycles. The lowest BCUT2D eigenvalue weighted by molar-refractivity contribution is -0.130. The zero-order valence-electron chi connectivity index (χ0n) is 17.6. The summed E-state index contributed by atoms with van der Waals surface area (Å²) in [7, 11) is 3.74. The van der Waals surface area contributed by atoms with E-state index in [2.05, 4.69) is 9.97 Å². The van der Waals surface area contributed by atoms with Gasteiger partial charge < -0.3 is 19.4 Å². The molecular formula is C21H25FN6O3. The summed E-state index contributed by atoms with van der Waals surface area (Å²) in [5.74, 6) is 0.504. The second-order valence-electron chi connectivity index (χ2n) is 7.79. The molecule has 3 heterocycles. The van der Waals surface area contributed by atoms with Crippen LogP contribution in [0.3, 0.4) is 0 Å². The third-order valence-corrected chi connectivity index (χ3v) is 5.41. The van der Waals surface area contributed by atoms with E-state index in [0.29, 0.717) is 44.3 Å². The molecule has 2 aliphatic rings. The highest BCUT2D eigenvalue weighted by molar-refractivity contribution is 5.96. The summed E-state index contributed by atoms with van der Waals surface area (Å²) >= 11 is 0. The van der Waals surface area contributed by atoms with Crippen LogP contribution in [0.4, 0.5) is 20.7 Å². The Hall–Kier alpha value is -3.43. The van der Waals surface area contributed by atoms with Crippen molar-refractivity contribution in [2.45, 2.75) is 12.5 Å². The Morgan fingerprint density at radius 3 is 2.81 bits per heavy atom. The number of amides is 3. The highest BCUT2D eigenvalue weighted by Gasteiger charge is 2.35. The molecule has 164 valence electrons. The van der Waals surface area contributed by atoms with Gasteiger partial charge in [0.1, 0.15) is 18.5 Å². The SMILES string of the molecule is CN(C)c1cncc(OC2CCN(C(=O)CN3CCN(c4ccccc4F)C3=O)C2)n1. The molecule has 0 bridgehead atoms. The van der Waals surface area contributed by atoms with Crippen LogP contribution in [0.5, 0.6) is 5.88 Å². The fourth-order valence-electron chi connectivity index (χ4n) is 3.72. The van der Waals surface area contributed by atoms with Crippen molar-refractivity contribution < 1.29 is 18.7 Å². The van der Waals surface area contributed by atoms with Crippen molar-refractivity contribution in [2.75, 3.05) is 56.6 Å². The van der Waals surface area contributed by atoms with Crippen LogP contribution in [0.15, 0.2) is 36.7 Å².